The van der Waals surface area contributed by atoms with Gasteiger partial charge in [-0.15, -0.1) is 0 Å². The molecule has 2 saturated carbocycles. The van der Waals surface area contributed by atoms with Crippen molar-refractivity contribution in [3.05, 3.63) is 62.6 Å². The van der Waals surface area contributed by atoms with Gasteiger partial charge in [-0.25, -0.2) is 8.78 Å². The van der Waals surface area contributed by atoms with Gasteiger partial charge < -0.3 is 4.74 Å². The maximum atomic E-state index is 14.1. The molecule has 1 nitrogen and oxygen atoms in total. The summed E-state index contributed by atoms with van der Waals surface area (Å²) in [6.45, 7) is 7.75. The van der Waals surface area contributed by atoms with Gasteiger partial charge in [0.1, 0.15) is 22.4 Å². The number of benzene rings is 2. The zero-order valence-electron chi connectivity index (χ0n) is 22.9. The van der Waals surface area contributed by atoms with E-state index in [1.165, 1.54) is 44.7 Å². The average Bonchev–Trinajstić information content (AvgIpc) is 2.89. The Kier molecular flexibility index (Phi) is 11.2. The second kappa shape index (κ2) is 13.7. The first-order valence-electron chi connectivity index (χ1n) is 13.8. The Morgan fingerprint density at radius 2 is 1.32 bits per heavy atom. The SMILES string of the molecule is Cc1ccc(CCC2CCC(C)CC2)c(F)c1Cl.Cc1ccc(OC(F)(F)C2CCC(C)CC2)c(Cl)c1F. The molecular formula is C31H40Cl2F4O. The minimum atomic E-state index is -3.31. The van der Waals surface area contributed by atoms with Crippen molar-refractivity contribution in [3.8, 4) is 5.75 Å². The highest BCUT2D eigenvalue weighted by Gasteiger charge is 2.44. The summed E-state index contributed by atoms with van der Waals surface area (Å²) in [5.74, 6) is 0.0885. The van der Waals surface area contributed by atoms with Crippen LogP contribution in [0.1, 0.15) is 88.3 Å². The molecule has 0 unspecified atom stereocenters. The number of aryl methyl sites for hydroxylation is 3. The highest BCUT2D eigenvalue weighted by atomic mass is 35.5. The Labute approximate surface area is 235 Å². The lowest BCUT2D eigenvalue weighted by molar-refractivity contribution is -0.223. The van der Waals surface area contributed by atoms with Crippen molar-refractivity contribution < 1.29 is 22.3 Å². The maximum Gasteiger partial charge on any atom is 0.400 e. The van der Waals surface area contributed by atoms with Crippen molar-refractivity contribution in [1.29, 1.82) is 0 Å². The molecule has 0 aliphatic heterocycles. The molecule has 2 fully saturated rings. The first-order chi connectivity index (χ1) is 17.9. The van der Waals surface area contributed by atoms with Crippen LogP contribution in [0, 0.1) is 49.2 Å². The van der Waals surface area contributed by atoms with Gasteiger partial charge in [0.2, 0.25) is 0 Å². The smallest absolute Gasteiger partial charge is 0.400 e. The highest BCUT2D eigenvalue weighted by Crippen LogP contribution is 2.42. The second-order valence-electron chi connectivity index (χ2n) is 11.5. The van der Waals surface area contributed by atoms with Crippen molar-refractivity contribution in [3.63, 3.8) is 0 Å². The van der Waals surface area contributed by atoms with Crippen molar-refractivity contribution in [2.75, 3.05) is 0 Å². The summed E-state index contributed by atoms with van der Waals surface area (Å²) in [5, 5.41) is -0.0846. The van der Waals surface area contributed by atoms with Crippen LogP contribution < -0.4 is 4.74 Å². The number of hydrogen-bond acceptors (Lipinski definition) is 1. The third-order valence-electron chi connectivity index (χ3n) is 8.29. The van der Waals surface area contributed by atoms with Crippen LogP contribution in [0.3, 0.4) is 0 Å². The van der Waals surface area contributed by atoms with Crippen LogP contribution in [0.5, 0.6) is 5.75 Å². The molecule has 0 heterocycles. The lowest BCUT2D eigenvalue weighted by Crippen LogP contribution is -2.37. The zero-order valence-corrected chi connectivity index (χ0v) is 24.4. The van der Waals surface area contributed by atoms with E-state index in [2.05, 4.69) is 13.8 Å². The van der Waals surface area contributed by atoms with Crippen LogP contribution in [0.15, 0.2) is 24.3 Å². The standard InChI is InChI=1S/C16H22ClF.C15H18ClF3O/c1-11-3-6-13(7-4-11)8-10-14-9-5-12(2)15(17)16(14)18;1-9-3-6-11(7-4-9)15(18,19)20-12-8-5-10(2)14(17)13(12)16/h5,9,11,13H,3-4,6-8,10H2,1-2H3;5,8-9,11H,3-4,6-7H2,1-2H3. The van der Waals surface area contributed by atoms with Crippen LogP contribution in [0.2, 0.25) is 10.0 Å². The van der Waals surface area contributed by atoms with Gasteiger partial charge in [-0.3, -0.25) is 0 Å². The van der Waals surface area contributed by atoms with Gasteiger partial charge in [0, 0.05) is 0 Å². The molecule has 7 heteroatoms. The predicted octanol–water partition coefficient (Wildman–Crippen LogP) is 11.1. The molecule has 212 valence electrons. The zero-order chi connectivity index (χ0) is 28.0. The highest BCUT2D eigenvalue weighted by molar-refractivity contribution is 6.32. The minimum Gasteiger partial charge on any atom is -0.431 e. The molecule has 0 saturated heterocycles. The van der Waals surface area contributed by atoms with Crippen molar-refractivity contribution >= 4 is 23.2 Å². The molecule has 38 heavy (non-hydrogen) atoms. The summed E-state index contributed by atoms with van der Waals surface area (Å²) >= 11 is 11.7. The van der Waals surface area contributed by atoms with E-state index in [4.69, 9.17) is 27.9 Å². The fourth-order valence-electron chi connectivity index (χ4n) is 5.39. The van der Waals surface area contributed by atoms with Gasteiger partial charge in [-0.2, -0.15) is 8.78 Å². The number of rotatable bonds is 6. The Hall–Kier alpha value is -1.46. The molecule has 0 bridgehead atoms. The predicted molar refractivity (Wildman–Crippen MR) is 148 cm³/mol. The van der Waals surface area contributed by atoms with E-state index >= 15 is 0 Å². The summed E-state index contributed by atoms with van der Waals surface area (Å²) in [5.41, 5.74) is 1.91. The summed E-state index contributed by atoms with van der Waals surface area (Å²) < 4.78 is 60.6. The Morgan fingerprint density at radius 3 is 1.92 bits per heavy atom. The minimum absolute atomic E-state index is 0.208. The number of halogens is 6. The summed E-state index contributed by atoms with van der Waals surface area (Å²) in [6.07, 6.45) is 6.26. The van der Waals surface area contributed by atoms with E-state index in [0.29, 0.717) is 29.3 Å². The fourth-order valence-corrected chi connectivity index (χ4v) is 5.82. The topological polar surface area (TPSA) is 9.23 Å². The molecule has 2 aromatic carbocycles. The molecule has 2 aliphatic carbocycles. The van der Waals surface area contributed by atoms with E-state index in [-0.39, 0.29) is 16.6 Å². The average molecular weight is 576 g/mol. The van der Waals surface area contributed by atoms with Crippen LogP contribution in [0.4, 0.5) is 17.6 Å². The van der Waals surface area contributed by atoms with Crippen molar-refractivity contribution in [2.24, 2.45) is 23.7 Å². The Morgan fingerprint density at radius 1 is 0.763 bits per heavy atom. The second-order valence-corrected chi connectivity index (χ2v) is 12.2. The molecule has 0 aromatic heterocycles. The Balaban J connectivity index is 0.000000212. The van der Waals surface area contributed by atoms with Crippen LogP contribution in [-0.2, 0) is 6.42 Å². The van der Waals surface area contributed by atoms with Gasteiger partial charge in [-0.05, 0) is 80.0 Å². The summed E-state index contributed by atoms with van der Waals surface area (Å²) in [4.78, 5) is 0. The number of ether oxygens (including phenoxy) is 1. The van der Waals surface area contributed by atoms with Crippen LogP contribution in [0.25, 0.3) is 0 Å². The fraction of sp³-hybridized carbons (Fsp3) is 0.613. The lowest BCUT2D eigenvalue weighted by atomic mass is 9.80. The van der Waals surface area contributed by atoms with E-state index in [9.17, 15) is 17.6 Å². The van der Waals surface area contributed by atoms with E-state index in [0.717, 1.165) is 48.6 Å². The monoisotopic (exact) mass is 574 g/mol. The molecule has 2 aliphatic rings. The van der Waals surface area contributed by atoms with Gasteiger partial charge >= 0.3 is 6.11 Å². The van der Waals surface area contributed by atoms with Crippen molar-refractivity contribution in [2.45, 2.75) is 98.0 Å². The normalized spacial score (nSPS) is 23.9. The van der Waals surface area contributed by atoms with Gasteiger partial charge in [0.25, 0.3) is 0 Å². The molecular weight excluding hydrogens is 535 g/mol. The Bertz CT molecular complexity index is 1060. The molecule has 2 aromatic rings. The molecule has 0 radical (unpaired) electrons. The third kappa shape index (κ3) is 8.27. The summed E-state index contributed by atoms with van der Waals surface area (Å²) in [6, 6.07) is 6.49. The molecule has 0 atom stereocenters. The first kappa shape index (κ1) is 31.1. The molecule has 0 N–H and O–H groups in total. The van der Waals surface area contributed by atoms with Gasteiger partial charge in [-0.1, -0.05) is 93.8 Å². The van der Waals surface area contributed by atoms with Crippen LogP contribution >= 0.6 is 23.2 Å². The number of alkyl halides is 2. The largest absolute Gasteiger partial charge is 0.431 e. The number of hydrogen-bond donors (Lipinski definition) is 0. The summed E-state index contributed by atoms with van der Waals surface area (Å²) in [7, 11) is 0. The third-order valence-corrected chi connectivity index (χ3v) is 9.11. The first-order valence-corrected chi connectivity index (χ1v) is 14.6. The quantitative estimate of drug-likeness (QED) is 0.311. The van der Waals surface area contributed by atoms with Gasteiger partial charge in [0.05, 0.1) is 10.9 Å². The molecule has 0 spiro atoms. The lowest BCUT2D eigenvalue weighted by Gasteiger charge is -2.32. The van der Waals surface area contributed by atoms with E-state index in [1.54, 1.807) is 0 Å². The van der Waals surface area contributed by atoms with E-state index in [1.807, 2.05) is 19.1 Å². The molecule has 0 amide bonds. The van der Waals surface area contributed by atoms with Gasteiger partial charge in [0.15, 0.2) is 0 Å². The maximum absolute atomic E-state index is 14.1. The van der Waals surface area contributed by atoms with E-state index < -0.39 is 17.8 Å². The van der Waals surface area contributed by atoms with Crippen molar-refractivity contribution in [1.82, 2.24) is 0 Å². The molecule has 4 rings (SSSR count). The van der Waals surface area contributed by atoms with Crippen LogP contribution in [-0.4, -0.2) is 6.11 Å².